The van der Waals surface area contributed by atoms with Gasteiger partial charge in [0.25, 0.3) is 0 Å². The molecule has 0 unspecified atom stereocenters. The molecule has 0 aromatic heterocycles. The number of aryl methyl sites for hydroxylation is 2. The number of methoxy groups -OCH3 is 1. The SMILES string of the molecule is COc1cc(C)c(OCCCC(C)(C)C(=O)Nc2ccc(C=CC(=O)O)cc2)cc1C. The molecule has 2 aromatic carbocycles. The molecule has 166 valence electrons. The van der Waals surface area contributed by atoms with Crippen molar-refractivity contribution in [3.05, 3.63) is 59.2 Å². The summed E-state index contributed by atoms with van der Waals surface area (Å²) >= 11 is 0. The molecule has 1 amide bonds. The minimum atomic E-state index is -1.000. The zero-order valence-corrected chi connectivity index (χ0v) is 18.8. The highest BCUT2D eigenvalue weighted by atomic mass is 16.5. The van der Waals surface area contributed by atoms with Crippen molar-refractivity contribution in [2.24, 2.45) is 5.41 Å². The molecule has 31 heavy (non-hydrogen) atoms. The highest BCUT2D eigenvalue weighted by molar-refractivity contribution is 5.95. The van der Waals surface area contributed by atoms with E-state index in [1.54, 1.807) is 31.4 Å². The van der Waals surface area contributed by atoms with E-state index < -0.39 is 11.4 Å². The number of carboxylic acids is 1. The van der Waals surface area contributed by atoms with Gasteiger partial charge in [0, 0.05) is 17.2 Å². The van der Waals surface area contributed by atoms with Crippen LogP contribution in [0.15, 0.2) is 42.5 Å². The summed E-state index contributed by atoms with van der Waals surface area (Å²) in [6.07, 6.45) is 3.99. The Morgan fingerprint density at radius 3 is 2.29 bits per heavy atom. The minimum Gasteiger partial charge on any atom is -0.496 e. The Kier molecular flexibility index (Phi) is 8.25. The zero-order valence-electron chi connectivity index (χ0n) is 18.8. The second-order valence-corrected chi connectivity index (χ2v) is 8.17. The highest BCUT2D eigenvalue weighted by Gasteiger charge is 2.27. The molecule has 2 rings (SSSR count). The summed E-state index contributed by atoms with van der Waals surface area (Å²) in [5.74, 6) is 0.601. The second-order valence-electron chi connectivity index (χ2n) is 8.17. The first kappa shape index (κ1) is 24.0. The molecule has 2 N–H and O–H groups in total. The van der Waals surface area contributed by atoms with E-state index in [-0.39, 0.29) is 5.91 Å². The van der Waals surface area contributed by atoms with Crippen LogP contribution in [0.3, 0.4) is 0 Å². The predicted octanol–water partition coefficient (Wildman–Crippen LogP) is 5.23. The van der Waals surface area contributed by atoms with E-state index in [9.17, 15) is 9.59 Å². The van der Waals surface area contributed by atoms with Crippen LogP contribution < -0.4 is 14.8 Å². The fourth-order valence-corrected chi connectivity index (χ4v) is 3.09. The van der Waals surface area contributed by atoms with Gasteiger partial charge in [0.15, 0.2) is 0 Å². The standard InChI is InChI=1S/C25H31NO5/c1-17-16-22(18(2)15-21(17)30-5)31-14-6-13-25(3,4)24(29)26-20-10-7-19(8-11-20)9-12-23(27)28/h7-12,15-16H,6,13-14H2,1-5H3,(H,26,29)(H,27,28). The number of carbonyl (C=O) groups is 2. The van der Waals surface area contributed by atoms with Crippen LogP contribution in [0.5, 0.6) is 11.5 Å². The van der Waals surface area contributed by atoms with Crippen LogP contribution in [0.1, 0.15) is 43.4 Å². The van der Waals surface area contributed by atoms with Crippen molar-refractivity contribution in [3.8, 4) is 11.5 Å². The summed E-state index contributed by atoms with van der Waals surface area (Å²) in [6.45, 7) is 8.31. The zero-order chi connectivity index (χ0) is 23.0. The molecule has 0 aliphatic heterocycles. The van der Waals surface area contributed by atoms with Gasteiger partial charge in [-0.15, -0.1) is 0 Å². The van der Waals surface area contributed by atoms with Crippen LogP contribution in [0, 0.1) is 19.3 Å². The number of nitrogens with one attached hydrogen (secondary N) is 1. The van der Waals surface area contributed by atoms with E-state index in [1.165, 1.54) is 6.08 Å². The first-order valence-electron chi connectivity index (χ1n) is 10.2. The summed E-state index contributed by atoms with van der Waals surface area (Å²) in [5.41, 5.74) is 2.90. The molecule has 0 aliphatic carbocycles. The summed E-state index contributed by atoms with van der Waals surface area (Å²) in [4.78, 5) is 23.3. The summed E-state index contributed by atoms with van der Waals surface area (Å²) in [7, 11) is 1.65. The highest BCUT2D eigenvalue weighted by Crippen LogP contribution is 2.29. The van der Waals surface area contributed by atoms with Gasteiger partial charge in [-0.3, -0.25) is 4.79 Å². The van der Waals surface area contributed by atoms with Gasteiger partial charge >= 0.3 is 5.97 Å². The van der Waals surface area contributed by atoms with E-state index in [0.717, 1.165) is 40.7 Å². The molecule has 0 heterocycles. The number of amides is 1. The quantitative estimate of drug-likeness (QED) is 0.402. The van der Waals surface area contributed by atoms with Crippen molar-refractivity contribution in [1.82, 2.24) is 0 Å². The van der Waals surface area contributed by atoms with Crippen LogP contribution >= 0.6 is 0 Å². The van der Waals surface area contributed by atoms with Crippen LogP contribution in [0.4, 0.5) is 5.69 Å². The topological polar surface area (TPSA) is 84.9 Å². The maximum absolute atomic E-state index is 12.7. The predicted molar refractivity (Wildman–Crippen MR) is 123 cm³/mol. The van der Waals surface area contributed by atoms with Crippen LogP contribution in [-0.4, -0.2) is 30.7 Å². The average Bonchev–Trinajstić information content (AvgIpc) is 2.72. The van der Waals surface area contributed by atoms with Gasteiger partial charge < -0.3 is 19.9 Å². The maximum atomic E-state index is 12.7. The number of carboxylic acid groups (broad SMARTS) is 1. The van der Waals surface area contributed by atoms with Gasteiger partial charge in [-0.05, 0) is 73.7 Å². The smallest absolute Gasteiger partial charge is 0.328 e. The lowest BCUT2D eigenvalue weighted by atomic mass is 9.87. The van der Waals surface area contributed by atoms with E-state index >= 15 is 0 Å². The molecule has 0 atom stereocenters. The molecule has 0 bridgehead atoms. The number of ether oxygens (including phenoxy) is 2. The Morgan fingerprint density at radius 1 is 1.06 bits per heavy atom. The maximum Gasteiger partial charge on any atom is 0.328 e. The molecule has 6 heteroatoms. The van der Waals surface area contributed by atoms with Crippen LogP contribution in [0.25, 0.3) is 6.08 Å². The molecule has 0 saturated heterocycles. The lowest BCUT2D eigenvalue weighted by Crippen LogP contribution is -2.31. The third-order valence-corrected chi connectivity index (χ3v) is 5.10. The first-order valence-corrected chi connectivity index (χ1v) is 10.2. The monoisotopic (exact) mass is 425 g/mol. The normalized spacial score (nSPS) is 11.4. The third-order valence-electron chi connectivity index (χ3n) is 5.10. The Labute approximate surface area is 183 Å². The average molecular weight is 426 g/mol. The van der Waals surface area contributed by atoms with Crippen molar-refractivity contribution in [1.29, 1.82) is 0 Å². The molecule has 0 aliphatic rings. The van der Waals surface area contributed by atoms with Crippen LogP contribution in [-0.2, 0) is 9.59 Å². The van der Waals surface area contributed by atoms with E-state index in [1.807, 2.05) is 39.8 Å². The molecule has 0 saturated carbocycles. The number of anilines is 1. The third kappa shape index (κ3) is 7.17. The summed E-state index contributed by atoms with van der Waals surface area (Å²) in [5, 5.41) is 11.6. The molecular weight excluding hydrogens is 394 g/mol. The van der Waals surface area contributed by atoms with Gasteiger partial charge in [0.05, 0.1) is 13.7 Å². The Balaban J connectivity index is 1.86. The molecular formula is C25H31NO5. The Morgan fingerprint density at radius 2 is 1.68 bits per heavy atom. The Hall–Kier alpha value is -3.28. The molecule has 0 radical (unpaired) electrons. The van der Waals surface area contributed by atoms with Crippen molar-refractivity contribution in [3.63, 3.8) is 0 Å². The molecule has 0 spiro atoms. The molecule has 2 aromatic rings. The second kappa shape index (κ2) is 10.7. The molecule has 0 fully saturated rings. The summed E-state index contributed by atoms with van der Waals surface area (Å²) < 4.78 is 11.3. The summed E-state index contributed by atoms with van der Waals surface area (Å²) in [6, 6.07) is 11.0. The van der Waals surface area contributed by atoms with Crippen molar-refractivity contribution < 1.29 is 24.2 Å². The first-order chi connectivity index (χ1) is 14.6. The van der Waals surface area contributed by atoms with E-state index in [0.29, 0.717) is 18.7 Å². The van der Waals surface area contributed by atoms with Crippen LogP contribution in [0.2, 0.25) is 0 Å². The lowest BCUT2D eigenvalue weighted by molar-refractivity contribution is -0.131. The van der Waals surface area contributed by atoms with Gasteiger partial charge in [0.1, 0.15) is 11.5 Å². The largest absolute Gasteiger partial charge is 0.496 e. The number of carbonyl (C=O) groups excluding carboxylic acids is 1. The Bertz CT molecular complexity index is 945. The van der Waals surface area contributed by atoms with Crippen molar-refractivity contribution >= 4 is 23.6 Å². The van der Waals surface area contributed by atoms with Gasteiger partial charge in [0.2, 0.25) is 5.91 Å². The molecule has 6 nitrogen and oxygen atoms in total. The number of benzene rings is 2. The van der Waals surface area contributed by atoms with E-state index in [2.05, 4.69) is 5.32 Å². The fourth-order valence-electron chi connectivity index (χ4n) is 3.09. The number of hydrogen-bond donors (Lipinski definition) is 2. The number of rotatable bonds is 10. The van der Waals surface area contributed by atoms with Gasteiger partial charge in [-0.25, -0.2) is 4.79 Å². The number of hydrogen-bond acceptors (Lipinski definition) is 4. The van der Waals surface area contributed by atoms with E-state index in [4.69, 9.17) is 14.6 Å². The number of aliphatic carboxylic acids is 1. The van der Waals surface area contributed by atoms with Crippen molar-refractivity contribution in [2.75, 3.05) is 19.0 Å². The fraction of sp³-hybridized carbons (Fsp3) is 0.360. The van der Waals surface area contributed by atoms with Gasteiger partial charge in [-0.1, -0.05) is 26.0 Å². The van der Waals surface area contributed by atoms with Gasteiger partial charge in [-0.2, -0.15) is 0 Å². The minimum absolute atomic E-state index is 0.0715. The lowest BCUT2D eigenvalue weighted by Gasteiger charge is -2.24. The van der Waals surface area contributed by atoms with Crippen molar-refractivity contribution in [2.45, 2.75) is 40.5 Å².